The maximum absolute atomic E-state index is 11.0. The largest absolute Gasteiger partial charge is 0.353 e. The lowest BCUT2D eigenvalue weighted by molar-refractivity contribution is 1.04. The van der Waals surface area contributed by atoms with Crippen molar-refractivity contribution in [1.29, 1.82) is 5.26 Å². The number of aromatic amines is 1. The molecule has 0 atom stereocenters. The highest BCUT2D eigenvalue weighted by Gasteiger charge is 2.02. The Labute approximate surface area is 69.1 Å². The van der Waals surface area contributed by atoms with E-state index in [4.69, 9.17) is 5.26 Å². The monoisotopic (exact) mass is 166 g/mol. The Morgan fingerprint density at radius 2 is 2.36 bits per heavy atom. The van der Waals surface area contributed by atoms with E-state index in [1.54, 1.807) is 13.0 Å². The quantitative estimate of drug-likeness (QED) is 0.561. The zero-order chi connectivity index (χ0) is 8.43. The van der Waals surface area contributed by atoms with Crippen molar-refractivity contribution in [3.05, 3.63) is 27.5 Å². The van der Waals surface area contributed by atoms with Crippen LogP contribution in [0.1, 0.15) is 11.3 Å². The standard InChI is InChI=1S/C7H6N2OS/c1-4-2-6(10)5(3-8)7(11)9-4/h2H,1H3,(H2,9,10,11). The summed E-state index contributed by atoms with van der Waals surface area (Å²) in [6.07, 6.45) is 0. The normalized spacial score (nSPS) is 9.18. The van der Waals surface area contributed by atoms with Crippen molar-refractivity contribution in [3.8, 4) is 6.07 Å². The predicted molar refractivity (Wildman–Crippen MR) is 43.8 cm³/mol. The SMILES string of the molecule is Cc1cc(=O)c(C#N)c(S)[nH]1. The second kappa shape index (κ2) is 2.81. The molecule has 56 valence electrons. The van der Waals surface area contributed by atoms with E-state index in [0.717, 1.165) is 0 Å². The molecule has 0 aliphatic rings. The first-order valence-electron chi connectivity index (χ1n) is 2.98. The summed E-state index contributed by atoms with van der Waals surface area (Å²) >= 11 is 3.94. The van der Waals surface area contributed by atoms with Gasteiger partial charge in [-0.05, 0) is 6.92 Å². The number of aryl methyl sites for hydroxylation is 1. The van der Waals surface area contributed by atoms with Gasteiger partial charge in [0.1, 0.15) is 11.6 Å². The Kier molecular flexibility index (Phi) is 2.01. The molecule has 0 aromatic carbocycles. The van der Waals surface area contributed by atoms with Gasteiger partial charge < -0.3 is 4.98 Å². The van der Waals surface area contributed by atoms with Crippen LogP contribution < -0.4 is 5.43 Å². The van der Waals surface area contributed by atoms with Crippen LogP contribution in [0.2, 0.25) is 0 Å². The van der Waals surface area contributed by atoms with E-state index in [2.05, 4.69) is 17.6 Å². The summed E-state index contributed by atoms with van der Waals surface area (Å²) in [5.41, 5.74) is 0.492. The van der Waals surface area contributed by atoms with E-state index in [1.165, 1.54) is 6.07 Å². The summed E-state index contributed by atoms with van der Waals surface area (Å²) in [6.45, 7) is 1.74. The van der Waals surface area contributed by atoms with Crippen LogP contribution in [0.5, 0.6) is 0 Å². The van der Waals surface area contributed by atoms with Gasteiger partial charge in [-0.25, -0.2) is 0 Å². The predicted octanol–water partition coefficient (Wildman–Crippen LogP) is 0.844. The van der Waals surface area contributed by atoms with E-state index >= 15 is 0 Å². The molecular formula is C7H6N2OS. The molecule has 1 rings (SSSR count). The molecule has 0 amide bonds. The number of hydrogen-bond donors (Lipinski definition) is 2. The lowest BCUT2D eigenvalue weighted by Gasteiger charge is -1.96. The van der Waals surface area contributed by atoms with Crippen molar-refractivity contribution in [3.63, 3.8) is 0 Å². The van der Waals surface area contributed by atoms with Crippen LogP contribution in [-0.2, 0) is 0 Å². The number of nitrogens with zero attached hydrogens (tertiary/aromatic N) is 1. The molecule has 0 aliphatic heterocycles. The third-order valence-electron chi connectivity index (χ3n) is 1.26. The lowest BCUT2D eigenvalue weighted by atomic mass is 10.2. The second-order valence-electron chi connectivity index (χ2n) is 2.15. The molecule has 0 aliphatic carbocycles. The van der Waals surface area contributed by atoms with Crippen molar-refractivity contribution in [1.82, 2.24) is 4.98 Å². The molecule has 1 aromatic heterocycles. The average Bonchev–Trinajstić information content (AvgIpc) is 1.85. The van der Waals surface area contributed by atoms with Crippen LogP contribution in [0.3, 0.4) is 0 Å². The van der Waals surface area contributed by atoms with Gasteiger partial charge in [0.05, 0.1) is 5.03 Å². The minimum absolute atomic E-state index is 0.0685. The lowest BCUT2D eigenvalue weighted by Crippen LogP contribution is -2.07. The molecule has 1 heterocycles. The van der Waals surface area contributed by atoms with Crippen LogP contribution in [0.15, 0.2) is 15.9 Å². The van der Waals surface area contributed by atoms with Crippen LogP contribution in [-0.4, -0.2) is 4.98 Å². The topological polar surface area (TPSA) is 56.6 Å². The number of hydrogen-bond acceptors (Lipinski definition) is 3. The molecule has 3 nitrogen and oxygen atoms in total. The van der Waals surface area contributed by atoms with E-state index < -0.39 is 0 Å². The smallest absolute Gasteiger partial charge is 0.200 e. The number of H-pyrrole nitrogens is 1. The third kappa shape index (κ3) is 1.44. The van der Waals surface area contributed by atoms with Gasteiger partial charge in [0.25, 0.3) is 0 Å². The fraction of sp³-hybridized carbons (Fsp3) is 0.143. The highest BCUT2D eigenvalue weighted by molar-refractivity contribution is 7.80. The highest BCUT2D eigenvalue weighted by Crippen LogP contribution is 2.04. The Balaban J connectivity index is 3.53. The van der Waals surface area contributed by atoms with Gasteiger partial charge in [-0.15, -0.1) is 12.6 Å². The summed E-state index contributed by atoms with van der Waals surface area (Å²) < 4.78 is 0. The fourth-order valence-electron chi connectivity index (χ4n) is 0.779. The number of nitriles is 1. The van der Waals surface area contributed by atoms with Crippen molar-refractivity contribution < 1.29 is 0 Å². The number of aromatic nitrogens is 1. The Bertz CT molecular complexity index is 375. The zero-order valence-electron chi connectivity index (χ0n) is 5.88. The van der Waals surface area contributed by atoms with Crippen molar-refractivity contribution in [2.24, 2.45) is 0 Å². The first-order valence-corrected chi connectivity index (χ1v) is 3.43. The molecule has 1 N–H and O–H groups in total. The maximum atomic E-state index is 11.0. The third-order valence-corrected chi connectivity index (χ3v) is 1.59. The number of nitrogens with one attached hydrogen (secondary N) is 1. The number of thiol groups is 1. The van der Waals surface area contributed by atoms with Crippen molar-refractivity contribution in [2.45, 2.75) is 11.9 Å². The summed E-state index contributed by atoms with van der Waals surface area (Å²) in [5.74, 6) is 0. The highest BCUT2D eigenvalue weighted by atomic mass is 32.1. The average molecular weight is 166 g/mol. The van der Waals surface area contributed by atoms with E-state index in [9.17, 15) is 4.79 Å². The fourth-order valence-corrected chi connectivity index (χ4v) is 1.12. The van der Waals surface area contributed by atoms with Gasteiger partial charge in [-0.2, -0.15) is 5.26 Å². The molecule has 0 saturated heterocycles. The Morgan fingerprint density at radius 3 is 2.82 bits per heavy atom. The van der Waals surface area contributed by atoms with Crippen LogP contribution >= 0.6 is 12.6 Å². The second-order valence-corrected chi connectivity index (χ2v) is 2.60. The Morgan fingerprint density at radius 1 is 1.73 bits per heavy atom. The van der Waals surface area contributed by atoms with Gasteiger partial charge in [-0.1, -0.05) is 0 Å². The van der Waals surface area contributed by atoms with Gasteiger partial charge in [0.2, 0.25) is 5.43 Å². The first-order chi connectivity index (χ1) is 5.15. The molecule has 0 unspecified atom stereocenters. The minimum Gasteiger partial charge on any atom is -0.353 e. The summed E-state index contributed by atoms with van der Waals surface area (Å²) in [7, 11) is 0. The van der Waals surface area contributed by atoms with Crippen molar-refractivity contribution >= 4 is 12.6 Å². The minimum atomic E-state index is -0.284. The first kappa shape index (κ1) is 7.89. The molecule has 0 bridgehead atoms. The molecular weight excluding hydrogens is 160 g/mol. The summed E-state index contributed by atoms with van der Waals surface area (Å²) in [6, 6.07) is 3.14. The van der Waals surface area contributed by atoms with E-state index in [1.807, 2.05) is 0 Å². The Hall–Kier alpha value is -1.21. The summed E-state index contributed by atoms with van der Waals surface area (Å²) in [4.78, 5) is 13.8. The van der Waals surface area contributed by atoms with Gasteiger partial charge in [0, 0.05) is 11.8 Å². The molecule has 11 heavy (non-hydrogen) atoms. The number of pyridine rings is 1. The molecule has 0 fully saturated rings. The van der Waals surface area contributed by atoms with Gasteiger partial charge >= 0.3 is 0 Å². The van der Waals surface area contributed by atoms with Crippen LogP contribution in [0, 0.1) is 18.3 Å². The molecule has 0 spiro atoms. The van der Waals surface area contributed by atoms with Gasteiger partial charge in [-0.3, -0.25) is 4.79 Å². The molecule has 0 saturated carbocycles. The molecule has 1 aromatic rings. The van der Waals surface area contributed by atoms with Crippen LogP contribution in [0.4, 0.5) is 0 Å². The van der Waals surface area contributed by atoms with E-state index in [0.29, 0.717) is 10.7 Å². The zero-order valence-corrected chi connectivity index (χ0v) is 6.77. The maximum Gasteiger partial charge on any atom is 0.200 e. The number of rotatable bonds is 0. The molecule has 0 radical (unpaired) electrons. The van der Waals surface area contributed by atoms with E-state index in [-0.39, 0.29) is 11.0 Å². The van der Waals surface area contributed by atoms with Crippen LogP contribution in [0.25, 0.3) is 0 Å². The van der Waals surface area contributed by atoms with Gasteiger partial charge in [0.15, 0.2) is 0 Å². The molecule has 4 heteroatoms. The summed E-state index contributed by atoms with van der Waals surface area (Å²) in [5, 5.41) is 8.80. The van der Waals surface area contributed by atoms with Crippen molar-refractivity contribution in [2.75, 3.05) is 0 Å².